The summed E-state index contributed by atoms with van der Waals surface area (Å²) in [5.74, 6) is -2.88. The molecule has 1 rings (SSSR count). The number of halogens is 4. The van der Waals surface area contributed by atoms with Gasteiger partial charge in [0.05, 0.1) is 6.42 Å². The number of alkyl halides is 3. The molecule has 5 nitrogen and oxygen atoms in total. The Balaban J connectivity index is 2.87. The van der Waals surface area contributed by atoms with E-state index in [4.69, 9.17) is 21.4 Å². The lowest BCUT2D eigenvalue weighted by Crippen LogP contribution is -2.50. The highest BCUT2D eigenvalue weighted by atomic mass is 35.5. The lowest BCUT2D eigenvalue weighted by molar-refractivity contribution is -0.161. The molecule has 134 valence electrons. The van der Waals surface area contributed by atoms with Crippen LogP contribution in [0.2, 0.25) is 5.02 Å². The minimum Gasteiger partial charge on any atom is -0.480 e. The third-order valence-corrected chi connectivity index (χ3v) is 3.21. The van der Waals surface area contributed by atoms with Crippen LogP contribution in [0.15, 0.2) is 24.3 Å². The van der Waals surface area contributed by atoms with Gasteiger partial charge >= 0.3 is 12.1 Å². The molecule has 0 saturated heterocycles. The van der Waals surface area contributed by atoms with Crippen molar-refractivity contribution in [1.82, 2.24) is 5.32 Å². The normalized spacial score (nSPS) is 14.1. The second kappa shape index (κ2) is 8.23. The van der Waals surface area contributed by atoms with Gasteiger partial charge in [-0.1, -0.05) is 31.5 Å². The van der Waals surface area contributed by atoms with Gasteiger partial charge < -0.3 is 15.2 Å². The lowest BCUT2D eigenvalue weighted by Gasteiger charge is -2.24. The molecule has 0 aromatic heterocycles. The van der Waals surface area contributed by atoms with Gasteiger partial charge in [-0.2, -0.15) is 13.2 Å². The molecule has 2 N–H and O–H groups in total. The van der Waals surface area contributed by atoms with Gasteiger partial charge in [0.2, 0.25) is 0 Å². The highest BCUT2D eigenvalue weighted by Gasteiger charge is 2.38. The van der Waals surface area contributed by atoms with Gasteiger partial charge in [0, 0.05) is 5.02 Å². The predicted molar refractivity (Wildman–Crippen MR) is 80.9 cm³/mol. The zero-order valence-corrected chi connectivity index (χ0v) is 13.7. The Labute approximate surface area is 141 Å². The first kappa shape index (κ1) is 20.1. The van der Waals surface area contributed by atoms with Crippen LogP contribution in [0, 0.1) is 5.92 Å². The highest BCUT2D eigenvalue weighted by Crippen LogP contribution is 2.23. The highest BCUT2D eigenvalue weighted by molar-refractivity contribution is 6.30. The van der Waals surface area contributed by atoms with E-state index in [1.807, 2.05) is 5.32 Å². The Morgan fingerprint density at radius 2 is 1.96 bits per heavy atom. The van der Waals surface area contributed by atoms with Gasteiger partial charge in [-0.05, 0) is 24.1 Å². The van der Waals surface area contributed by atoms with E-state index < -0.39 is 42.5 Å². The lowest BCUT2D eigenvalue weighted by atomic mass is 10.1. The molecule has 0 aliphatic rings. The van der Waals surface area contributed by atoms with Crippen molar-refractivity contribution in [3.63, 3.8) is 0 Å². The van der Waals surface area contributed by atoms with Crippen LogP contribution < -0.4 is 10.1 Å². The summed E-state index contributed by atoms with van der Waals surface area (Å²) in [6, 6.07) is 4.05. The van der Waals surface area contributed by atoms with E-state index in [0.717, 1.165) is 0 Å². The molecular weight excluding hydrogens is 351 g/mol. The second-order valence-corrected chi connectivity index (χ2v) is 5.89. The van der Waals surface area contributed by atoms with E-state index in [-0.39, 0.29) is 5.75 Å². The quantitative estimate of drug-likeness (QED) is 0.775. The maximum absolute atomic E-state index is 12.4. The van der Waals surface area contributed by atoms with E-state index in [2.05, 4.69) is 0 Å². The molecule has 2 atom stereocenters. The molecule has 0 fully saturated rings. The fourth-order valence-electron chi connectivity index (χ4n) is 1.86. The molecule has 0 spiro atoms. The number of nitrogens with one attached hydrogen (secondary N) is 1. The predicted octanol–water partition coefficient (Wildman–Crippen LogP) is 3.27. The average Bonchev–Trinajstić information content (AvgIpc) is 2.42. The molecule has 24 heavy (non-hydrogen) atoms. The van der Waals surface area contributed by atoms with Crippen molar-refractivity contribution in [2.45, 2.75) is 38.6 Å². The Bertz CT molecular complexity index is 592. The van der Waals surface area contributed by atoms with Crippen LogP contribution in [0.3, 0.4) is 0 Å². The molecule has 0 saturated carbocycles. The van der Waals surface area contributed by atoms with E-state index in [1.54, 1.807) is 26.0 Å². The Morgan fingerprint density at radius 3 is 2.42 bits per heavy atom. The van der Waals surface area contributed by atoms with Crippen molar-refractivity contribution in [3.05, 3.63) is 29.3 Å². The van der Waals surface area contributed by atoms with Gasteiger partial charge in [-0.3, -0.25) is 4.79 Å². The van der Waals surface area contributed by atoms with Crippen molar-refractivity contribution in [3.8, 4) is 5.75 Å². The number of hydrogen-bond acceptors (Lipinski definition) is 3. The number of amides is 1. The molecule has 0 bridgehead atoms. The van der Waals surface area contributed by atoms with Crippen molar-refractivity contribution in [2.75, 3.05) is 0 Å². The number of hydrogen-bond donors (Lipinski definition) is 2. The molecule has 1 amide bonds. The fourth-order valence-corrected chi connectivity index (χ4v) is 2.04. The zero-order valence-electron chi connectivity index (χ0n) is 12.9. The number of ether oxygens (including phenoxy) is 1. The number of carboxylic acid groups (broad SMARTS) is 1. The minimum absolute atomic E-state index is 0.249. The largest absolute Gasteiger partial charge is 0.480 e. The van der Waals surface area contributed by atoms with Gasteiger partial charge in [0.15, 0.2) is 6.10 Å². The summed E-state index contributed by atoms with van der Waals surface area (Å²) < 4.78 is 42.7. The first-order chi connectivity index (χ1) is 11.0. The number of carbonyl (C=O) groups excluding carboxylic acids is 1. The standard InChI is InChI=1S/C15H17ClF3NO4/c1-8(2)12(24-10-5-3-4-9(16)6-10)13(21)20-11(14(22)23)7-15(17,18)19/h3-6,8,11-12H,7H2,1-2H3,(H,20,21)(H,22,23). The van der Waals surface area contributed by atoms with Gasteiger partial charge in [0.25, 0.3) is 5.91 Å². The van der Waals surface area contributed by atoms with Crippen LogP contribution in [-0.2, 0) is 9.59 Å². The molecule has 9 heteroatoms. The SMILES string of the molecule is CC(C)C(Oc1cccc(Cl)c1)C(=O)NC(CC(F)(F)F)C(=O)O. The number of benzene rings is 1. The van der Waals surface area contributed by atoms with Crippen LogP contribution >= 0.6 is 11.6 Å². The van der Waals surface area contributed by atoms with E-state index in [0.29, 0.717) is 5.02 Å². The Morgan fingerprint density at radius 1 is 1.33 bits per heavy atom. The number of carbonyl (C=O) groups is 2. The van der Waals surface area contributed by atoms with Crippen LogP contribution in [0.25, 0.3) is 0 Å². The maximum atomic E-state index is 12.4. The molecule has 1 aromatic carbocycles. The number of carboxylic acids is 1. The Kier molecular flexibility index (Phi) is 6.89. The summed E-state index contributed by atoms with van der Waals surface area (Å²) in [7, 11) is 0. The van der Waals surface area contributed by atoms with E-state index in [1.165, 1.54) is 12.1 Å². The van der Waals surface area contributed by atoms with Crippen molar-refractivity contribution in [2.24, 2.45) is 5.92 Å². The summed E-state index contributed by atoms with van der Waals surface area (Å²) in [5.41, 5.74) is 0. The average molecular weight is 368 g/mol. The van der Waals surface area contributed by atoms with Crippen molar-refractivity contribution in [1.29, 1.82) is 0 Å². The van der Waals surface area contributed by atoms with Crippen LogP contribution in [0.4, 0.5) is 13.2 Å². The third-order valence-electron chi connectivity index (χ3n) is 2.97. The molecular formula is C15H17ClF3NO4. The fraction of sp³-hybridized carbons (Fsp3) is 0.467. The smallest absolute Gasteiger partial charge is 0.391 e. The molecule has 0 aliphatic carbocycles. The zero-order chi connectivity index (χ0) is 18.5. The molecule has 0 radical (unpaired) electrons. The van der Waals surface area contributed by atoms with Crippen LogP contribution in [-0.4, -0.2) is 35.3 Å². The van der Waals surface area contributed by atoms with Crippen LogP contribution in [0.1, 0.15) is 20.3 Å². The first-order valence-corrected chi connectivity index (χ1v) is 7.39. The monoisotopic (exact) mass is 367 g/mol. The molecule has 0 aliphatic heterocycles. The van der Waals surface area contributed by atoms with E-state index >= 15 is 0 Å². The van der Waals surface area contributed by atoms with Gasteiger partial charge in [0.1, 0.15) is 11.8 Å². The third kappa shape index (κ3) is 6.66. The summed E-state index contributed by atoms with van der Waals surface area (Å²) in [6.45, 7) is 3.24. The number of rotatable bonds is 7. The number of aliphatic carboxylic acids is 1. The Hall–Kier alpha value is -1.96. The van der Waals surface area contributed by atoms with Gasteiger partial charge in [-0.25, -0.2) is 4.79 Å². The second-order valence-electron chi connectivity index (χ2n) is 5.46. The van der Waals surface area contributed by atoms with E-state index in [9.17, 15) is 22.8 Å². The minimum atomic E-state index is -4.72. The van der Waals surface area contributed by atoms with Crippen molar-refractivity contribution < 1.29 is 32.6 Å². The topological polar surface area (TPSA) is 75.6 Å². The summed E-state index contributed by atoms with van der Waals surface area (Å²) in [4.78, 5) is 23.1. The van der Waals surface area contributed by atoms with Crippen LogP contribution in [0.5, 0.6) is 5.75 Å². The summed E-state index contributed by atoms with van der Waals surface area (Å²) in [5, 5.41) is 11.1. The molecule has 0 heterocycles. The summed E-state index contributed by atoms with van der Waals surface area (Å²) >= 11 is 5.80. The molecule has 1 aromatic rings. The molecule has 2 unspecified atom stereocenters. The first-order valence-electron chi connectivity index (χ1n) is 7.01. The summed E-state index contributed by atoms with van der Waals surface area (Å²) in [6.07, 6.45) is -7.56. The maximum Gasteiger partial charge on any atom is 0.391 e. The van der Waals surface area contributed by atoms with Crippen molar-refractivity contribution >= 4 is 23.5 Å². The van der Waals surface area contributed by atoms with Gasteiger partial charge in [-0.15, -0.1) is 0 Å².